The first-order chi connectivity index (χ1) is 6.83. The van der Waals surface area contributed by atoms with Crippen LogP contribution in [0.4, 0.5) is 0 Å². The predicted octanol–water partition coefficient (Wildman–Crippen LogP) is 2.36. The van der Waals surface area contributed by atoms with Crippen molar-refractivity contribution in [1.29, 1.82) is 0 Å². The highest BCUT2D eigenvalue weighted by atomic mass is 35.5. The van der Waals surface area contributed by atoms with Gasteiger partial charge in [0.25, 0.3) is 0 Å². The minimum atomic E-state index is 0.754. The van der Waals surface area contributed by atoms with Gasteiger partial charge in [0, 0.05) is 19.0 Å². The molecule has 0 radical (unpaired) electrons. The van der Waals surface area contributed by atoms with Crippen LogP contribution in [0.1, 0.15) is 25.7 Å². The van der Waals surface area contributed by atoms with Crippen LogP contribution in [0.25, 0.3) is 0 Å². The van der Waals surface area contributed by atoms with Crippen LogP contribution in [0.2, 0.25) is 0 Å². The summed E-state index contributed by atoms with van der Waals surface area (Å²) in [5.41, 5.74) is 0. The largest absolute Gasteiger partial charge is 0.381 e. The van der Waals surface area contributed by atoms with Crippen LogP contribution >= 0.6 is 11.6 Å². The quantitative estimate of drug-likeness (QED) is 0.503. The van der Waals surface area contributed by atoms with E-state index < -0.39 is 0 Å². The Bertz CT molecular complexity index is 137. The lowest BCUT2D eigenvalue weighted by atomic mass is 10.0. The number of ether oxygens (including phenoxy) is 1. The first-order valence-corrected chi connectivity index (χ1v) is 6.18. The Balaban J connectivity index is 2.03. The van der Waals surface area contributed by atoms with Crippen molar-refractivity contribution in [2.45, 2.75) is 25.7 Å². The van der Waals surface area contributed by atoms with E-state index in [-0.39, 0.29) is 0 Å². The molecule has 3 heteroatoms. The highest BCUT2D eigenvalue weighted by Crippen LogP contribution is 2.14. The maximum Gasteiger partial charge on any atom is 0.0506 e. The highest BCUT2D eigenvalue weighted by Gasteiger charge is 2.15. The molecule has 0 saturated carbocycles. The maximum absolute atomic E-state index is 5.64. The third-order valence-corrected chi connectivity index (χ3v) is 3.02. The fraction of sp³-hybridized carbons (Fsp3) is 1.00. The van der Waals surface area contributed by atoms with Gasteiger partial charge in [0.1, 0.15) is 0 Å². The fourth-order valence-corrected chi connectivity index (χ4v) is 2.15. The zero-order chi connectivity index (χ0) is 10.2. The molecule has 0 spiro atoms. The third kappa shape index (κ3) is 5.18. The van der Waals surface area contributed by atoms with Crippen LogP contribution in [-0.2, 0) is 4.74 Å². The normalized spacial score (nSPS) is 22.9. The lowest BCUT2D eigenvalue weighted by Crippen LogP contribution is -2.31. The number of rotatable bonds is 6. The second kappa shape index (κ2) is 7.49. The molecule has 1 rings (SSSR count). The zero-order valence-corrected chi connectivity index (χ0v) is 9.93. The summed E-state index contributed by atoms with van der Waals surface area (Å²) in [4.78, 5) is 2.41. The number of alkyl halides is 1. The monoisotopic (exact) mass is 219 g/mol. The van der Waals surface area contributed by atoms with Gasteiger partial charge in [-0.25, -0.2) is 0 Å². The molecule has 1 heterocycles. The van der Waals surface area contributed by atoms with Gasteiger partial charge in [0.15, 0.2) is 0 Å². The van der Waals surface area contributed by atoms with Gasteiger partial charge in [-0.3, -0.25) is 0 Å². The summed E-state index contributed by atoms with van der Waals surface area (Å²) in [6.45, 7) is 4.28. The minimum absolute atomic E-state index is 0.754. The molecule has 1 aliphatic rings. The molecule has 0 aromatic heterocycles. The van der Waals surface area contributed by atoms with Crippen molar-refractivity contribution in [3.63, 3.8) is 0 Å². The maximum atomic E-state index is 5.64. The molecule has 1 saturated heterocycles. The topological polar surface area (TPSA) is 12.5 Å². The average molecular weight is 220 g/mol. The van der Waals surface area contributed by atoms with Crippen LogP contribution in [0, 0.1) is 5.92 Å². The van der Waals surface area contributed by atoms with Crippen molar-refractivity contribution in [2.24, 2.45) is 5.92 Å². The molecule has 1 atom stereocenters. The number of hydrogen-bond acceptors (Lipinski definition) is 2. The SMILES string of the molecule is CN(CCCCCl)CC1CCCOC1. The molecule has 0 aromatic carbocycles. The van der Waals surface area contributed by atoms with Gasteiger partial charge >= 0.3 is 0 Å². The van der Waals surface area contributed by atoms with E-state index in [1.165, 1.54) is 32.4 Å². The second-order valence-corrected chi connectivity index (χ2v) is 4.62. The lowest BCUT2D eigenvalue weighted by molar-refractivity contribution is 0.0419. The van der Waals surface area contributed by atoms with Gasteiger partial charge in [-0.1, -0.05) is 0 Å². The average Bonchev–Trinajstić information content (AvgIpc) is 2.20. The van der Waals surface area contributed by atoms with E-state index in [9.17, 15) is 0 Å². The Labute approximate surface area is 92.6 Å². The van der Waals surface area contributed by atoms with E-state index in [2.05, 4.69) is 11.9 Å². The van der Waals surface area contributed by atoms with Crippen molar-refractivity contribution in [3.05, 3.63) is 0 Å². The Kier molecular flexibility index (Phi) is 6.57. The van der Waals surface area contributed by atoms with Gasteiger partial charge in [0.05, 0.1) is 6.61 Å². The van der Waals surface area contributed by atoms with Crippen LogP contribution in [-0.4, -0.2) is 44.1 Å². The van der Waals surface area contributed by atoms with E-state index in [1.54, 1.807) is 0 Å². The Morgan fingerprint density at radius 3 is 2.93 bits per heavy atom. The Morgan fingerprint density at radius 2 is 2.29 bits per heavy atom. The van der Waals surface area contributed by atoms with Gasteiger partial charge in [-0.05, 0) is 45.2 Å². The summed E-state index contributed by atoms with van der Waals surface area (Å²) in [7, 11) is 2.20. The van der Waals surface area contributed by atoms with Crippen molar-refractivity contribution >= 4 is 11.6 Å². The van der Waals surface area contributed by atoms with Crippen LogP contribution < -0.4 is 0 Å². The van der Waals surface area contributed by atoms with Crippen molar-refractivity contribution in [3.8, 4) is 0 Å². The minimum Gasteiger partial charge on any atom is -0.381 e. The van der Waals surface area contributed by atoms with Gasteiger partial charge in [-0.15, -0.1) is 11.6 Å². The first kappa shape index (κ1) is 12.3. The molecule has 1 fully saturated rings. The Hall–Kier alpha value is 0.210. The summed E-state index contributed by atoms with van der Waals surface area (Å²) < 4.78 is 5.46. The summed E-state index contributed by atoms with van der Waals surface area (Å²) in [6, 6.07) is 0. The lowest BCUT2D eigenvalue weighted by Gasteiger charge is -2.26. The molecule has 0 amide bonds. The van der Waals surface area contributed by atoms with E-state index in [4.69, 9.17) is 16.3 Å². The molecule has 0 aromatic rings. The number of halogens is 1. The molecule has 1 unspecified atom stereocenters. The molecule has 14 heavy (non-hydrogen) atoms. The summed E-state index contributed by atoms with van der Waals surface area (Å²) in [5.74, 6) is 1.55. The summed E-state index contributed by atoms with van der Waals surface area (Å²) in [5, 5.41) is 0. The predicted molar refractivity (Wildman–Crippen MR) is 61.0 cm³/mol. The summed E-state index contributed by atoms with van der Waals surface area (Å²) in [6.07, 6.45) is 4.92. The van der Waals surface area contributed by atoms with Crippen LogP contribution in [0.5, 0.6) is 0 Å². The molecule has 1 aliphatic heterocycles. The highest BCUT2D eigenvalue weighted by molar-refractivity contribution is 6.17. The fourth-order valence-electron chi connectivity index (χ4n) is 1.96. The third-order valence-electron chi connectivity index (χ3n) is 2.75. The van der Waals surface area contributed by atoms with Crippen molar-refractivity contribution in [2.75, 3.05) is 39.2 Å². The van der Waals surface area contributed by atoms with E-state index in [0.29, 0.717) is 0 Å². The molecular formula is C11H22ClNO. The smallest absolute Gasteiger partial charge is 0.0506 e. The van der Waals surface area contributed by atoms with Crippen molar-refractivity contribution < 1.29 is 4.74 Å². The van der Waals surface area contributed by atoms with Crippen LogP contribution in [0.15, 0.2) is 0 Å². The zero-order valence-electron chi connectivity index (χ0n) is 9.17. The van der Waals surface area contributed by atoms with Crippen molar-refractivity contribution in [1.82, 2.24) is 4.90 Å². The first-order valence-electron chi connectivity index (χ1n) is 5.65. The van der Waals surface area contributed by atoms with Gasteiger partial charge in [0.2, 0.25) is 0 Å². The van der Waals surface area contributed by atoms with E-state index >= 15 is 0 Å². The van der Waals surface area contributed by atoms with E-state index in [1.807, 2.05) is 0 Å². The molecule has 84 valence electrons. The molecule has 0 N–H and O–H groups in total. The number of unbranched alkanes of at least 4 members (excludes halogenated alkanes) is 1. The van der Waals surface area contributed by atoms with Gasteiger partial charge in [-0.2, -0.15) is 0 Å². The molecule has 0 aliphatic carbocycles. The summed E-state index contributed by atoms with van der Waals surface area (Å²) >= 11 is 5.64. The van der Waals surface area contributed by atoms with Crippen LogP contribution in [0.3, 0.4) is 0 Å². The van der Waals surface area contributed by atoms with Gasteiger partial charge < -0.3 is 9.64 Å². The standard InChI is InChI=1S/C11H22ClNO/c1-13(7-3-2-6-12)9-11-5-4-8-14-10-11/h11H,2-10H2,1H3. The number of hydrogen-bond donors (Lipinski definition) is 0. The Morgan fingerprint density at radius 1 is 1.43 bits per heavy atom. The molecule has 2 nitrogen and oxygen atoms in total. The number of nitrogens with zero attached hydrogens (tertiary/aromatic N) is 1. The molecular weight excluding hydrogens is 198 g/mol. The second-order valence-electron chi connectivity index (χ2n) is 4.24. The molecule has 0 bridgehead atoms. The van der Waals surface area contributed by atoms with E-state index in [0.717, 1.165) is 31.4 Å².